The fraction of sp³-hybridized carbons (Fsp3) is 0.441. The summed E-state index contributed by atoms with van der Waals surface area (Å²) in [7, 11) is 0. The molecule has 2 saturated heterocycles. The number of amides is 2. The third-order valence-corrected chi connectivity index (χ3v) is 9.41. The molecule has 1 aromatic heterocycles. The molecule has 3 aromatic rings. The summed E-state index contributed by atoms with van der Waals surface area (Å²) in [5, 5.41) is 3.89. The number of hydrogen-bond acceptors (Lipinski definition) is 9. The largest absolute Gasteiger partial charge is 0.484 e. The second kappa shape index (κ2) is 13.4. The summed E-state index contributed by atoms with van der Waals surface area (Å²) in [5.74, 6) is -0.471. The lowest BCUT2D eigenvalue weighted by molar-refractivity contribution is -0.139. The van der Waals surface area contributed by atoms with Gasteiger partial charge in [-0.05, 0) is 80.8 Å². The maximum absolute atomic E-state index is 13.0. The van der Waals surface area contributed by atoms with Gasteiger partial charge in [0.1, 0.15) is 29.4 Å². The Balaban J connectivity index is 1.10. The second-order valence-corrected chi connectivity index (χ2v) is 13.3. The summed E-state index contributed by atoms with van der Waals surface area (Å²) >= 11 is 1.34. The molecule has 3 aliphatic rings. The molecule has 1 N–H and O–H groups in total. The number of carbonyl (C=O) groups is 4. The Labute approximate surface area is 266 Å². The lowest BCUT2D eigenvalue weighted by Crippen LogP contribution is -2.46. The number of cyclic esters (lactones) is 1. The van der Waals surface area contributed by atoms with Gasteiger partial charge >= 0.3 is 11.9 Å². The SMILES string of the molecule is Cc1ncc(C(=O)N[C@@H](C)[C@H](Oc2ccc(C(=O)O[C@H]3CCCN(C(=O)[C@H]4COC(=O)C4)C3)cc2)c2ccc(C3CC3)cc2)s1. The van der Waals surface area contributed by atoms with Crippen LogP contribution in [0.1, 0.15) is 87.2 Å². The normalized spacial score (nSPS) is 21.0. The van der Waals surface area contributed by atoms with E-state index in [1.54, 1.807) is 35.4 Å². The summed E-state index contributed by atoms with van der Waals surface area (Å²) < 4.78 is 17.2. The van der Waals surface area contributed by atoms with Gasteiger partial charge in [0.25, 0.3) is 5.91 Å². The quantitative estimate of drug-likeness (QED) is 0.311. The Bertz CT molecular complexity index is 1550. The number of ether oxygens (including phenoxy) is 3. The van der Waals surface area contributed by atoms with Crippen LogP contribution in [0.2, 0.25) is 0 Å². The van der Waals surface area contributed by atoms with Crippen LogP contribution in [-0.2, 0) is 19.1 Å². The molecule has 3 heterocycles. The predicted octanol–water partition coefficient (Wildman–Crippen LogP) is 4.98. The van der Waals surface area contributed by atoms with E-state index in [9.17, 15) is 19.2 Å². The average Bonchev–Trinajstić information content (AvgIpc) is 3.66. The van der Waals surface area contributed by atoms with Crippen molar-refractivity contribution in [3.63, 3.8) is 0 Å². The van der Waals surface area contributed by atoms with Gasteiger partial charge in [-0.2, -0.15) is 0 Å². The molecule has 4 atom stereocenters. The summed E-state index contributed by atoms with van der Waals surface area (Å²) in [6.07, 6.45) is 4.54. The van der Waals surface area contributed by atoms with Gasteiger partial charge in [-0.15, -0.1) is 11.3 Å². The first kappa shape index (κ1) is 30.8. The van der Waals surface area contributed by atoms with Crippen molar-refractivity contribution in [2.75, 3.05) is 19.7 Å². The molecule has 2 amide bonds. The van der Waals surface area contributed by atoms with Gasteiger partial charge in [0.15, 0.2) is 0 Å². The summed E-state index contributed by atoms with van der Waals surface area (Å²) in [6.45, 7) is 4.74. The van der Waals surface area contributed by atoms with E-state index in [-0.39, 0.29) is 36.9 Å². The molecule has 1 saturated carbocycles. The highest BCUT2D eigenvalue weighted by molar-refractivity contribution is 7.13. The Morgan fingerprint density at radius 3 is 2.47 bits per heavy atom. The third kappa shape index (κ3) is 7.53. The first-order valence-corrected chi connectivity index (χ1v) is 16.3. The zero-order valence-electron chi connectivity index (χ0n) is 25.4. The van der Waals surface area contributed by atoms with Crippen LogP contribution in [0.4, 0.5) is 0 Å². The lowest BCUT2D eigenvalue weighted by Gasteiger charge is -2.33. The molecule has 45 heavy (non-hydrogen) atoms. The van der Waals surface area contributed by atoms with Crippen molar-refractivity contribution >= 4 is 35.1 Å². The van der Waals surface area contributed by atoms with Crippen LogP contribution < -0.4 is 10.1 Å². The molecule has 0 spiro atoms. The van der Waals surface area contributed by atoms with Crippen LogP contribution in [0.3, 0.4) is 0 Å². The number of rotatable bonds is 10. The van der Waals surface area contributed by atoms with Gasteiger partial charge in [-0.1, -0.05) is 24.3 Å². The number of carbonyl (C=O) groups excluding carboxylic acids is 4. The van der Waals surface area contributed by atoms with E-state index in [0.29, 0.717) is 48.0 Å². The number of nitrogens with one attached hydrogen (secondary N) is 1. The number of thiazole rings is 1. The Morgan fingerprint density at radius 1 is 1.07 bits per heavy atom. The number of benzene rings is 2. The highest BCUT2D eigenvalue weighted by Gasteiger charge is 2.36. The summed E-state index contributed by atoms with van der Waals surface area (Å²) in [5.41, 5.74) is 2.61. The first-order chi connectivity index (χ1) is 21.7. The van der Waals surface area contributed by atoms with E-state index in [1.165, 1.54) is 29.7 Å². The van der Waals surface area contributed by atoms with Gasteiger partial charge < -0.3 is 24.4 Å². The number of aromatic nitrogens is 1. The Kier molecular flexibility index (Phi) is 9.16. The molecule has 11 heteroatoms. The van der Waals surface area contributed by atoms with E-state index in [2.05, 4.69) is 34.6 Å². The van der Waals surface area contributed by atoms with E-state index < -0.39 is 24.1 Å². The molecule has 2 aromatic carbocycles. The number of nitrogens with zero attached hydrogens (tertiary/aromatic N) is 2. The molecular formula is C34H37N3O7S. The van der Waals surface area contributed by atoms with Crippen LogP contribution in [0.25, 0.3) is 0 Å². The van der Waals surface area contributed by atoms with Crippen LogP contribution in [0.15, 0.2) is 54.7 Å². The minimum atomic E-state index is -0.486. The molecule has 1 aliphatic carbocycles. The molecule has 6 rings (SSSR count). The van der Waals surface area contributed by atoms with E-state index in [1.807, 2.05) is 13.8 Å². The minimum Gasteiger partial charge on any atom is -0.484 e. The molecule has 0 unspecified atom stereocenters. The summed E-state index contributed by atoms with van der Waals surface area (Å²) in [4.78, 5) is 56.6. The molecule has 10 nitrogen and oxygen atoms in total. The van der Waals surface area contributed by atoms with Gasteiger partial charge in [-0.25, -0.2) is 9.78 Å². The summed E-state index contributed by atoms with van der Waals surface area (Å²) in [6, 6.07) is 14.7. The van der Waals surface area contributed by atoms with Gasteiger partial charge in [0.2, 0.25) is 5.91 Å². The van der Waals surface area contributed by atoms with Crippen molar-refractivity contribution in [3.05, 3.63) is 81.3 Å². The third-order valence-electron chi connectivity index (χ3n) is 8.50. The fourth-order valence-corrected chi connectivity index (χ4v) is 6.53. The minimum absolute atomic E-state index is 0.0950. The number of piperidine rings is 1. The molecule has 0 radical (unpaired) electrons. The van der Waals surface area contributed by atoms with Crippen molar-refractivity contribution in [2.24, 2.45) is 5.92 Å². The average molecular weight is 632 g/mol. The standard InChI is InChI=1S/C34H37N3O7S/c1-20(36-32(39)29-17-35-21(2)45-29)31(24-9-7-23(8-10-24)22-5-6-22)43-27-13-11-25(12-14-27)34(41)44-28-4-3-15-37(18-28)33(40)26-16-30(38)42-19-26/h7-14,17,20,22,26,28,31H,3-6,15-16,18-19H2,1-2H3,(H,36,39)/t20-,26+,28-,31-/m0/s1. The van der Waals surface area contributed by atoms with Crippen molar-refractivity contribution in [3.8, 4) is 5.75 Å². The maximum atomic E-state index is 13.0. The highest BCUT2D eigenvalue weighted by Crippen LogP contribution is 2.40. The van der Waals surface area contributed by atoms with Crippen molar-refractivity contribution in [1.29, 1.82) is 0 Å². The monoisotopic (exact) mass is 631 g/mol. The fourth-order valence-electron chi connectivity index (χ4n) is 5.85. The molecular weight excluding hydrogens is 594 g/mol. The van der Waals surface area contributed by atoms with Gasteiger partial charge in [-0.3, -0.25) is 14.4 Å². The number of aryl methyl sites for hydroxylation is 1. The highest BCUT2D eigenvalue weighted by atomic mass is 32.1. The zero-order chi connectivity index (χ0) is 31.5. The van der Waals surface area contributed by atoms with Crippen LogP contribution >= 0.6 is 11.3 Å². The Morgan fingerprint density at radius 2 is 1.82 bits per heavy atom. The lowest BCUT2D eigenvalue weighted by atomic mass is 10.00. The van der Waals surface area contributed by atoms with Gasteiger partial charge in [0.05, 0.1) is 41.7 Å². The van der Waals surface area contributed by atoms with E-state index in [4.69, 9.17) is 14.2 Å². The zero-order valence-corrected chi connectivity index (χ0v) is 26.2. The number of hydrogen-bond donors (Lipinski definition) is 1. The smallest absolute Gasteiger partial charge is 0.338 e. The maximum Gasteiger partial charge on any atom is 0.338 e. The van der Waals surface area contributed by atoms with Crippen LogP contribution in [0.5, 0.6) is 5.75 Å². The van der Waals surface area contributed by atoms with Gasteiger partial charge in [0, 0.05) is 6.54 Å². The molecule has 236 valence electrons. The van der Waals surface area contributed by atoms with Crippen molar-refractivity contribution < 1.29 is 33.4 Å². The molecule has 3 fully saturated rings. The topological polar surface area (TPSA) is 124 Å². The van der Waals surface area contributed by atoms with Crippen molar-refractivity contribution in [1.82, 2.24) is 15.2 Å². The second-order valence-electron chi connectivity index (χ2n) is 12.0. The molecule has 0 bridgehead atoms. The number of likely N-dealkylation sites (tertiary alicyclic amines) is 1. The molecule has 2 aliphatic heterocycles. The van der Waals surface area contributed by atoms with Crippen LogP contribution in [0, 0.1) is 12.8 Å². The number of esters is 2. The predicted molar refractivity (Wildman–Crippen MR) is 166 cm³/mol. The van der Waals surface area contributed by atoms with Crippen LogP contribution in [-0.4, -0.2) is 65.5 Å². The Hall–Kier alpha value is -4.25. The van der Waals surface area contributed by atoms with E-state index >= 15 is 0 Å². The van der Waals surface area contributed by atoms with E-state index in [0.717, 1.165) is 10.6 Å². The first-order valence-electron chi connectivity index (χ1n) is 15.5. The van der Waals surface area contributed by atoms with Crippen molar-refractivity contribution in [2.45, 2.75) is 70.1 Å².